The van der Waals surface area contributed by atoms with Gasteiger partial charge in [0.05, 0.1) is 17.6 Å². The number of rotatable bonds is 3. The van der Waals surface area contributed by atoms with Gasteiger partial charge in [0.2, 0.25) is 0 Å². The highest BCUT2D eigenvalue weighted by atomic mass is 32.2. The Balaban J connectivity index is 1.93. The highest BCUT2D eigenvalue weighted by Crippen LogP contribution is 2.13. The maximum absolute atomic E-state index is 11.3. The number of benzene rings is 1. The highest BCUT2D eigenvalue weighted by Gasteiger charge is 2.35. The van der Waals surface area contributed by atoms with E-state index in [-0.39, 0.29) is 17.5 Å². The molecule has 1 heterocycles. The second-order valence-corrected chi connectivity index (χ2v) is 6.77. The quantitative estimate of drug-likeness (QED) is 0.812. The van der Waals surface area contributed by atoms with Crippen molar-refractivity contribution in [3.8, 4) is 0 Å². The molecule has 2 rings (SSSR count). The first kappa shape index (κ1) is 12.5. The summed E-state index contributed by atoms with van der Waals surface area (Å²) >= 11 is 0. The molecule has 0 spiro atoms. The van der Waals surface area contributed by atoms with Gasteiger partial charge in [0, 0.05) is 12.6 Å². The van der Waals surface area contributed by atoms with Gasteiger partial charge in [-0.1, -0.05) is 29.8 Å². The van der Waals surface area contributed by atoms with E-state index in [2.05, 4.69) is 5.32 Å². The molecule has 1 saturated heterocycles. The Hall–Kier alpha value is -0.910. The van der Waals surface area contributed by atoms with Crippen LogP contribution in [0.25, 0.3) is 0 Å². The molecule has 4 nitrogen and oxygen atoms in total. The molecule has 2 N–H and O–H groups in total. The molecule has 5 heteroatoms. The monoisotopic (exact) mass is 255 g/mol. The number of hydrogen-bond acceptors (Lipinski definition) is 4. The summed E-state index contributed by atoms with van der Waals surface area (Å²) in [5.41, 5.74) is 2.28. The van der Waals surface area contributed by atoms with Crippen LogP contribution in [0.15, 0.2) is 24.3 Å². The van der Waals surface area contributed by atoms with Gasteiger partial charge in [0.25, 0.3) is 0 Å². The summed E-state index contributed by atoms with van der Waals surface area (Å²) < 4.78 is 22.6. The molecule has 1 aromatic carbocycles. The fourth-order valence-electron chi connectivity index (χ4n) is 1.98. The zero-order valence-corrected chi connectivity index (χ0v) is 10.6. The van der Waals surface area contributed by atoms with Crippen LogP contribution in [0, 0.1) is 6.92 Å². The summed E-state index contributed by atoms with van der Waals surface area (Å²) in [5.74, 6) is -0.0986. The van der Waals surface area contributed by atoms with Gasteiger partial charge in [-0.15, -0.1) is 0 Å². The van der Waals surface area contributed by atoms with E-state index in [1.165, 1.54) is 5.56 Å². The van der Waals surface area contributed by atoms with Crippen LogP contribution in [-0.4, -0.2) is 37.2 Å². The van der Waals surface area contributed by atoms with Crippen LogP contribution < -0.4 is 5.32 Å². The molecule has 0 aromatic heterocycles. The number of sulfone groups is 1. The number of aryl methyl sites for hydroxylation is 1. The maximum Gasteiger partial charge on any atom is 0.154 e. The van der Waals surface area contributed by atoms with Crippen LogP contribution in [0.4, 0.5) is 0 Å². The number of nitrogens with one attached hydrogen (secondary N) is 1. The minimum atomic E-state index is -3.07. The summed E-state index contributed by atoms with van der Waals surface area (Å²) in [7, 11) is -3.07. The Kier molecular flexibility index (Phi) is 3.51. The minimum absolute atomic E-state index is 0.0278. The fraction of sp³-hybridized carbons (Fsp3) is 0.500. The lowest BCUT2D eigenvalue weighted by Gasteiger charge is -2.14. The molecule has 0 amide bonds. The Morgan fingerprint density at radius 2 is 1.94 bits per heavy atom. The van der Waals surface area contributed by atoms with Gasteiger partial charge in [0.15, 0.2) is 9.84 Å². The summed E-state index contributed by atoms with van der Waals surface area (Å²) in [5, 5.41) is 12.7. The van der Waals surface area contributed by atoms with Crippen LogP contribution in [-0.2, 0) is 16.4 Å². The van der Waals surface area contributed by atoms with Gasteiger partial charge in [-0.2, -0.15) is 0 Å². The van der Waals surface area contributed by atoms with E-state index in [1.54, 1.807) is 0 Å². The Labute approximate surface area is 102 Å². The van der Waals surface area contributed by atoms with Gasteiger partial charge < -0.3 is 10.4 Å². The van der Waals surface area contributed by atoms with Crippen molar-refractivity contribution in [3.63, 3.8) is 0 Å². The first-order valence-electron chi connectivity index (χ1n) is 5.64. The fourth-order valence-corrected chi connectivity index (χ4v) is 3.75. The average Bonchev–Trinajstić information content (AvgIpc) is 2.51. The molecule has 0 saturated carbocycles. The molecule has 0 aliphatic carbocycles. The Bertz CT molecular complexity index is 481. The van der Waals surface area contributed by atoms with Crippen LogP contribution in [0.5, 0.6) is 0 Å². The van der Waals surface area contributed by atoms with Gasteiger partial charge in [-0.05, 0) is 12.5 Å². The smallest absolute Gasteiger partial charge is 0.154 e. The molecular formula is C12H17NO3S. The molecule has 1 aliphatic heterocycles. The zero-order chi connectivity index (χ0) is 12.5. The first-order valence-corrected chi connectivity index (χ1v) is 7.46. The van der Waals surface area contributed by atoms with Gasteiger partial charge >= 0.3 is 0 Å². The SMILES string of the molecule is Cc1ccc(CNC2CS(=O)(=O)CC2O)cc1. The van der Waals surface area contributed by atoms with Crippen molar-refractivity contribution in [2.75, 3.05) is 11.5 Å². The van der Waals surface area contributed by atoms with Crippen molar-refractivity contribution < 1.29 is 13.5 Å². The van der Waals surface area contributed by atoms with Crippen molar-refractivity contribution in [2.45, 2.75) is 25.6 Å². The normalized spacial score (nSPS) is 27.2. The highest BCUT2D eigenvalue weighted by molar-refractivity contribution is 7.91. The topological polar surface area (TPSA) is 66.4 Å². The molecule has 2 atom stereocenters. The summed E-state index contributed by atoms with van der Waals surface area (Å²) in [6, 6.07) is 7.68. The van der Waals surface area contributed by atoms with Crippen molar-refractivity contribution in [1.82, 2.24) is 5.32 Å². The molecule has 1 aromatic rings. The number of aliphatic hydroxyl groups is 1. The largest absolute Gasteiger partial charge is 0.390 e. The molecular weight excluding hydrogens is 238 g/mol. The van der Waals surface area contributed by atoms with Crippen LogP contribution in [0.2, 0.25) is 0 Å². The van der Waals surface area contributed by atoms with E-state index in [4.69, 9.17) is 0 Å². The molecule has 0 bridgehead atoms. The lowest BCUT2D eigenvalue weighted by atomic mass is 10.1. The van der Waals surface area contributed by atoms with Gasteiger partial charge in [-0.3, -0.25) is 0 Å². The summed E-state index contributed by atoms with van der Waals surface area (Å²) in [6.45, 7) is 2.60. The van der Waals surface area contributed by atoms with Crippen molar-refractivity contribution in [3.05, 3.63) is 35.4 Å². The van der Waals surface area contributed by atoms with E-state index in [0.717, 1.165) is 5.56 Å². The molecule has 1 fully saturated rings. The third-order valence-corrected chi connectivity index (χ3v) is 4.73. The van der Waals surface area contributed by atoms with Crippen molar-refractivity contribution in [2.24, 2.45) is 0 Å². The number of aliphatic hydroxyl groups excluding tert-OH is 1. The minimum Gasteiger partial charge on any atom is -0.390 e. The van der Waals surface area contributed by atoms with Crippen LogP contribution >= 0.6 is 0 Å². The predicted molar refractivity (Wildman–Crippen MR) is 66.5 cm³/mol. The standard InChI is InChI=1S/C12H17NO3S/c1-9-2-4-10(5-3-9)6-13-11-7-17(15,16)8-12(11)14/h2-5,11-14H,6-8H2,1H3. The zero-order valence-electron chi connectivity index (χ0n) is 9.76. The lowest BCUT2D eigenvalue weighted by Crippen LogP contribution is -2.38. The molecule has 0 radical (unpaired) electrons. The lowest BCUT2D eigenvalue weighted by molar-refractivity contribution is 0.165. The number of hydrogen-bond donors (Lipinski definition) is 2. The molecule has 1 aliphatic rings. The third-order valence-electron chi connectivity index (χ3n) is 3.01. The van der Waals surface area contributed by atoms with E-state index < -0.39 is 15.9 Å². The summed E-state index contributed by atoms with van der Waals surface area (Å²) in [4.78, 5) is 0. The Morgan fingerprint density at radius 3 is 2.47 bits per heavy atom. The van der Waals surface area contributed by atoms with E-state index in [9.17, 15) is 13.5 Å². The van der Waals surface area contributed by atoms with Crippen molar-refractivity contribution >= 4 is 9.84 Å². The third kappa shape index (κ3) is 3.28. The van der Waals surface area contributed by atoms with Gasteiger partial charge in [0.1, 0.15) is 0 Å². The maximum atomic E-state index is 11.3. The van der Waals surface area contributed by atoms with E-state index in [1.807, 2.05) is 31.2 Å². The predicted octanol–water partition coefficient (Wildman–Crippen LogP) is 0.243. The molecule has 94 valence electrons. The molecule has 17 heavy (non-hydrogen) atoms. The first-order chi connectivity index (χ1) is 7.96. The second-order valence-electron chi connectivity index (χ2n) is 4.62. The van der Waals surface area contributed by atoms with Crippen LogP contribution in [0.3, 0.4) is 0 Å². The Morgan fingerprint density at radius 1 is 1.29 bits per heavy atom. The van der Waals surface area contributed by atoms with Crippen molar-refractivity contribution in [1.29, 1.82) is 0 Å². The second kappa shape index (κ2) is 4.76. The average molecular weight is 255 g/mol. The van der Waals surface area contributed by atoms with Crippen LogP contribution in [0.1, 0.15) is 11.1 Å². The summed E-state index contributed by atoms with van der Waals surface area (Å²) in [6.07, 6.45) is -0.787. The van der Waals surface area contributed by atoms with E-state index in [0.29, 0.717) is 6.54 Å². The molecule has 2 unspecified atom stereocenters. The van der Waals surface area contributed by atoms with Gasteiger partial charge in [-0.25, -0.2) is 8.42 Å². The van der Waals surface area contributed by atoms with E-state index >= 15 is 0 Å².